The number of halogens is 2. The molecule has 1 aromatic heterocycles. The van der Waals surface area contributed by atoms with Gasteiger partial charge in [0, 0.05) is 9.13 Å². The molecule has 0 saturated heterocycles. The smallest absolute Gasteiger partial charge is 0.255 e. The third-order valence-corrected chi connectivity index (χ3v) is 2.81. The summed E-state index contributed by atoms with van der Waals surface area (Å²) in [7, 11) is 0. The number of carbonyl (C=O) groups is 1. The molecule has 1 N–H and O–H groups in total. The second kappa shape index (κ2) is 5.22. The zero-order valence-corrected chi connectivity index (χ0v) is 10.8. The maximum Gasteiger partial charge on any atom is 0.255 e. The van der Waals surface area contributed by atoms with Gasteiger partial charge in [-0.2, -0.15) is 4.39 Å². The average molecular weight is 342 g/mol. The summed E-state index contributed by atoms with van der Waals surface area (Å²) in [6.45, 7) is 0. The second-order valence-electron chi connectivity index (χ2n) is 3.33. The number of nitrogens with one attached hydrogen (secondary N) is 1. The van der Waals surface area contributed by atoms with Gasteiger partial charge in [-0.25, -0.2) is 4.98 Å². The van der Waals surface area contributed by atoms with Crippen molar-refractivity contribution in [2.24, 2.45) is 0 Å². The molecule has 2 aromatic rings. The molecule has 3 nitrogen and oxygen atoms in total. The Morgan fingerprint density at radius 1 is 1.18 bits per heavy atom. The molecular formula is C12H8FIN2O. The summed E-state index contributed by atoms with van der Waals surface area (Å²) >= 11 is 2.16. The molecule has 0 aliphatic heterocycles. The molecule has 0 aliphatic carbocycles. The Morgan fingerprint density at radius 3 is 2.47 bits per heavy atom. The summed E-state index contributed by atoms with van der Waals surface area (Å²) in [6.07, 6.45) is 1.28. The summed E-state index contributed by atoms with van der Waals surface area (Å²) in [4.78, 5) is 15.2. The van der Waals surface area contributed by atoms with Crippen molar-refractivity contribution >= 4 is 34.2 Å². The Labute approximate surface area is 111 Å². The van der Waals surface area contributed by atoms with E-state index in [1.165, 1.54) is 18.3 Å². The molecule has 0 bridgehead atoms. The van der Waals surface area contributed by atoms with Crippen LogP contribution < -0.4 is 5.32 Å². The van der Waals surface area contributed by atoms with Crippen molar-refractivity contribution in [2.75, 3.05) is 5.32 Å². The van der Waals surface area contributed by atoms with E-state index in [0.29, 0.717) is 11.3 Å². The first-order valence-electron chi connectivity index (χ1n) is 4.83. The predicted molar refractivity (Wildman–Crippen MR) is 71.3 cm³/mol. The van der Waals surface area contributed by atoms with Crippen LogP contribution in [0.4, 0.5) is 10.1 Å². The lowest BCUT2D eigenvalue weighted by atomic mass is 10.2. The van der Waals surface area contributed by atoms with Crippen LogP contribution in [0.5, 0.6) is 0 Å². The van der Waals surface area contributed by atoms with Gasteiger partial charge in [-0.05, 0) is 59.0 Å². The van der Waals surface area contributed by atoms with Gasteiger partial charge in [0.05, 0.1) is 11.9 Å². The zero-order valence-electron chi connectivity index (χ0n) is 8.65. The van der Waals surface area contributed by atoms with Crippen molar-refractivity contribution in [3.8, 4) is 0 Å². The lowest BCUT2D eigenvalue weighted by Gasteiger charge is -2.04. The van der Waals surface area contributed by atoms with E-state index in [0.717, 1.165) is 3.57 Å². The molecular weight excluding hydrogens is 334 g/mol. The highest BCUT2D eigenvalue weighted by molar-refractivity contribution is 14.1. The number of benzene rings is 1. The van der Waals surface area contributed by atoms with Crippen LogP contribution >= 0.6 is 22.6 Å². The molecule has 1 aromatic carbocycles. The number of amides is 1. The van der Waals surface area contributed by atoms with Crippen LogP contribution in [0, 0.1) is 9.52 Å². The van der Waals surface area contributed by atoms with Crippen molar-refractivity contribution < 1.29 is 9.18 Å². The number of rotatable bonds is 2. The third-order valence-electron chi connectivity index (χ3n) is 2.09. The fourth-order valence-corrected chi connectivity index (χ4v) is 1.61. The van der Waals surface area contributed by atoms with Gasteiger partial charge in [-0.15, -0.1) is 0 Å². The van der Waals surface area contributed by atoms with Gasteiger partial charge in [0.25, 0.3) is 5.91 Å². The Bertz CT molecular complexity index is 525. The third kappa shape index (κ3) is 3.23. The van der Waals surface area contributed by atoms with Gasteiger partial charge in [-0.3, -0.25) is 4.79 Å². The van der Waals surface area contributed by atoms with Crippen LogP contribution in [0.15, 0.2) is 42.6 Å². The number of hydrogen-bond donors (Lipinski definition) is 1. The molecule has 2 rings (SSSR count). The van der Waals surface area contributed by atoms with E-state index in [-0.39, 0.29) is 5.91 Å². The maximum absolute atomic E-state index is 12.6. The number of aromatic nitrogens is 1. The van der Waals surface area contributed by atoms with Gasteiger partial charge in [0.15, 0.2) is 0 Å². The van der Waals surface area contributed by atoms with E-state index in [4.69, 9.17) is 0 Å². The molecule has 0 aliphatic rings. The van der Waals surface area contributed by atoms with Crippen LogP contribution in [0.1, 0.15) is 10.4 Å². The molecule has 86 valence electrons. The summed E-state index contributed by atoms with van der Waals surface area (Å²) in [5, 5.41) is 2.63. The van der Waals surface area contributed by atoms with Crippen LogP contribution in [0.2, 0.25) is 0 Å². The first-order chi connectivity index (χ1) is 8.15. The minimum atomic E-state index is -0.572. The Morgan fingerprint density at radius 2 is 1.88 bits per heavy atom. The minimum Gasteiger partial charge on any atom is -0.321 e. The molecule has 0 unspecified atom stereocenters. The van der Waals surface area contributed by atoms with Gasteiger partial charge in [-0.1, -0.05) is 0 Å². The Hall–Kier alpha value is -1.50. The van der Waals surface area contributed by atoms with E-state index in [9.17, 15) is 9.18 Å². The first-order valence-corrected chi connectivity index (χ1v) is 5.91. The Balaban J connectivity index is 2.11. The number of pyridine rings is 1. The van der Waals surface area contributed by atoms with E-state index in [2.05, 4.69) is 32.9 Å². The normalized spacial score (nSPS) is 10.0. The molecule has 0 atom stereocenters. The lowest BCUT2D eigenvalue weighted by molar-refractivity contribution is 0.102. The quantitative estimate of drug-likeness (QED) is 0.673. The van der Waals surface area contributed by atoms with E-state index in [1.54, 1.807) is 12.1 Å². The summed E-state index contributed by atoms with van der Waals surface area (Å²) in [6, 6.07) is 9.81. The number of nitrogens with zero attached hydrogens (tertiary/aromatic N) is 1. The van der Waals surface area contributed by atoms with Gasteiger partial charge >= 0.3 is 0 Å². The summed E-state index contributed by atoms with van der Waals surface area (Å²) in [5.41, 5.74) is 1.02. The van der Waals surface area contributed by atoms with Crippen LogP contribution in [-0.4, -0.2) is 10.9 Å². The van der Waals surface area contributed by atoms with E-state index >= 15 is 0 Å². The van der Waals surface area contributed by atoms with E-state index < -0.39 is 5.95 Å². The van der Waals surface area contributed by atoms with Gasteiger partial charge in [0.1, 0.15) is 0 Å². The summed E-state index contributed by atoms with van der Waals surface area (Å²) < 4.78 is 13.6. The van der Waals surface area contributed by atoms with Crippen molar-refractivity contribution in [2.45, 2.75) is 0 Å². The van der Waals surface area contributed by atoms with E-state index in [1.807, 2.05) is 12.1 Å². The van der Waals surface area contributed by atoms with Crippen molar-refractivity contribution in [1.82, 2.24) is 4.98 Å². The number of anilines is 1. The monoisotopic (exact) mass is 342 g/mol. The highest BCUT2D eigenvalue weighted by atomic mass is 127. The van der Waals surface area contributed by atoms with Gasteiger partial charge < -0.3 is 5.32 Å². The fraction of sp³-hybridized carbons (Fsp3) is 0. The summed E-state index contributed by atoms with van der Waals surface area (Å²) in [5.74, 6) is -0.813. The maximum atomic E-state index is 12.6. The minimum absolute atomic E-state index is 0.241. The molecule has 0 fully saturated rings. The largest absolute Gasteiger partial charge is 0.321 e. The van der Waals surface area contributed by atoms with Crippen LogP contribution in [0.3, 0.4) is 0 Å². The average Bonchev–Trinajstić information content (AvgIpc) is 2.33. The molecule has 17 heavy (non-hydrogen) atoms. The van der Waals surface area contributed by atoms with Crippen LogP contribution in [0.25, 0.3) is 0 Å². The molecule has 0 spiro atoms. The zero-order chi connectivity index (χ0) is 12.3. The molecule has 5 heteroatoms. The molecule has 0 saturated carbocycles. The van der Waals surface area contributed by atoms with Gasteiger partial charge in [0.2, 0.25) is 5.95 Å². The number of carbonyl (C=O) groups excluding carboxylic acids is 1. The first kappa shape index (κ1) is 12.0. The molecule has 1 heterocycles. The topological polar surface area (TPSA) is 42.0 Å². The van der Waals surface area contributed by atoms with Crippen molar-refractivity contribution in [1.29, 1.82) is 0 Å². The Kier molecular flexibility index (Phi) is 3.68. The standard InChI is InChI=1S/C12H8FIN2O/c13-11-6-5-10(7-15-11)16-12(17)8-1-3-9(14)4-2-8/h1-7H,(H,16,17). The highest BCUT2D eigenvalue weighted by Crippen LogP contribution is 2.10. The van der Waals surface area contributed by atoms with Crippen LogP contribution in [-0.2, 0) is 0 Å². The van der Waals surface area contributed by atoms with Crippen molar-refractivity contribution in [3.63, 3.8) is 0 Å². The fourth-order valence-electron chi connectivity index (χ4n) is 1.25. The number of hydrogen-bond acceptors (Lipinski definition) is 2. The SMILES string of the molecule is O=C(Nc1ccc(F)nc1)c1ccc(I)cc1. The highest BCUT2D eigenvalue weighted by Gasteiger charge is 2.05. The predicted octanol–water partition coefficient (Wildman–Crippen LogP) is 3.08. The van der Waals surface area contributed by atoms with Crippen molar-refractivity contribution in [3.05, 3.63) is 57.7 Å². The molecule has 0 radical (unpaired) electrons. The lowest BCUT2D eigenvalue weighted by Crippen LogP contribution is -2.11. The second-order valence-corrected chi connectivity index (χ2v) is 4.58. The molecule has 1 amide bonds.